The van der Waals surface area contributed by atoms with E-state index in [1.165, 1.54) is 0 Å². The molecule has 32 heavy (non-hydrogen) atoms. The van der Waals surface area contributed by atoms with E-state index in [-0.39, 0.29) is 27.6 Å². The van der Waals surface area contributed by atoms with Gasteiger partial charge in [-0.25, -0.2) is 0 Å². The molecule has 2 N–H and O–H groups in total. The van der Waals surface area contributed by atoms with Crippen molar-refractivity contribution < 1.29 is 10.2 Å². The standard InChI is InChI=1S/C30H46O2/c1-18(19-14-16-21(27(2,3)4)25(31)23(19)29(8,9)10)20-15-17-22(28(5,6)7)26(32)24(20)30(11,12)13/h14-18,31-32H,1-13H3. The highest BCUT2D eigenvalue weighted by Crippen LogP contribution is 2.48. The van der Waals surface area contributed by atoms with Gasteiger partial charge in [-0.1, -0.05) is 114 Å². The van der Waals surface area contributed by atoms with Crippen LogP contribution in [0.3, 0.4) is 0 Å². The molecule has 0 saturated carbocycles. The number of aromatic hydroxyl groups is 2. The summed E-state index contributed by atoms with van der Waals surface area (Å²) in [5.74, 6) is 0.836. The van der Waals surface area contributed by atoms with Crippen LogP contribution in [0.15, 0.2) is 24.3 Å². The topological polar surface area (TPSA) is 40.5 Å². The second-order valence-corrected chi connectivity index (χ2v) is 13.6. The minimum Gasteiger partial charge on any atom is -0.507 e. The van der Waals surface area contributed by atoms with Gasteiger partial charge in [0, 0.05) is 17.0 Å². The summed E-state index contributed by atoms with van der Waals surface area (Å²) >= 11 is 0. The number of hydrogen-bond donors (Lipinski definition) is 2. The first kappa shape index (κ1) is 26.3. The van der Waals surface area contributed by atoms with Crippen LogP contribution in [0.4, 0.5) is 0 Å². The Morgan fingerprint density at radius 2 is 0.781 bits per heavy atom. The number of phenolic OH excluding ortho intramolecular Hbond substituents is 2. The van der Waals surface area contributed by atoms with Gasteiger partial charge in [-0.05, 0) is 43.9 Å². The predicted octanol–water partition coefficient (Wildman–Crippen LogP) is 8.44. The molecule has 2 aromatic carbocycles. The zero-order valence-corrected chi connectivity index (χ0v) is 22.8. The summed E-state index contributed by atoms with van der Waals surface area (Å²) in [5, 5.41) is 22.8. The van der Waals surface area contributed by atoms with Gasteiger partial charge in [0.1, 0.15) is 11.5 Å². The van der Waals surface area contributed by atoms with Crippen molar-refractivity contribution in [1.82, 2.24) is 0 Å². The fourth-order valence-corrected chi connectivity index (χ4v) is 4.89. The van der Waals surface area contributed by atoms with E-state index in [9.17, 15) is 10.2 Å². The highest BCUT2D eigenvalue weighted by Gasteiger charge is 2.34. The second-order valence-electron chi connectivity index (χ2n) is 13.6. The molecule has 0 aliphatic rings. The van der Waals surface area contributed by atoms with E-state index in [2.05, 4.69) is 114 Å². The average molecular weight is 439 g/mol. The molecule has 0 bridgehead atoms. The van der Waals surface area contributed by atoms with Crippen molar-refractivity contribution in [2.75, 3.05) is 0 Å². The van der Waals surface area contributed by atoms with Crippen molar-refractivity contribution in [2.24, 2.45) is 0 Å². The van der Waals surface area contributed by atoms with Crippen LogP contribution in [0.25, 0.3) is 0 Å². The molecule has 2 rings (SSSR count). The third kappa shape index (κ3) is 5.00. The third-order valence-corrected chi connectivity index (χ3v) is 6.47. The normalized spacial score (nSPS) is 13.7. The van der Waals surface area contributed by atoms with Crippen LogP contribution in [0.1, 0.15) is 129 Å². The summed E-state index contributed by atoms with van der Waals surface area (Å²) in [5.41, 5.74) is 5.46. The van der Waals surface area contributed by atoms with Crippen LogP contribution in [0.2, 0.25) is 0 Å². The van der Waals surface area contributed by atoms with Gasteiger partial charge in [0.15, 0.2) is 0 Å². The van der Waals surface area contributed by atoms with Crippen molar-refractivity contribution in [3.63, 3.8) is 0 Å². The molecule has 0 spiro atoms. The minimum atomic E-state index is -0.218. The van der Waals surface area contributed by atoms with Crippen molar-refractivity contribution in [1.29, 1.82) is 0 Å². The van der Waals surface area contributed by atoms with Gasteiger partial charge in [-0.15, -0.1) is 0 Å². The SMILES string of the molecule is CC(c1ccc(C(C)(C)C)c(O)c1C(C)(C)C)c1ccc(C(C)(C)C)c(O)c1C(C)(C)C. The minimum absolute atomic E-state index is 0.0262. The van der Waals surface area contributed by atoms with Crippen molar-refractivity contribution in [3.8, 4) is 11.5 Å². The molecule has 0 unspecified atom stereocenters. The predicted molar refractivity (Wildman–Crippen MR) is 139 cm³/mol. The van der Waals surface area contributed by atoms with Crippen LogP contribution in [-0.4, -0.2) is 10.2 Å². The van der Waals surface area contributed by atoms with Crippen LogP contribution < -0.4 is 0 Å². The van der Waals surface area contributed by atoms with Gasteiger partial charge >= 0.3 is 0 Å². The number of phenols is 2. The highest BCUT2D eigenvalue weighted by molar-refractivity contribution is 5.58. The summed E-state index contributed by atoms with van der Waals surface area (Å²) in [4.78, 5) is 0. The van der Waals surface area contributed by atoms with Gasteiger partial charge < -0.3 is 10.2 Å². The van der Waals surface area contributed by atoms with Crippen LogP contribution >= 0.6 is 0 Å². The number of benzene rings is 2. The summed E-state index contributed by atoms with van der Waals surface area (Å²) < 4.78 is 0. The van der Waals surface area contributed by atoms with Gasteiger partial charge in [0.05, 0.1) is 0 Å². The smallest absolute Gasteiger partial charge is 0.123 e. The maximum absolute atomic E-state index is 11.4. The molecule has 0 aromatic heterocycles. The van der Waals surface area contributed by atoms with E-state index in [0.29, 0.717) is 11.5 Å². The summed E-state index contributed by atoms with van der Waals surface area (Å²) in [7, 11) is 0. The molecule has 2 aromatic rings. The van der Waals surface area contributed by atoms with Gasteiger partial charge in [0.25, 0.3) is 0 Å². The van der Waals surface area contributed by atoms with Crippen LogP contribution in [0, 0.1) is 0 Å². The van der Waals surface area contributed by atoms with E-state index in [1.54, 1.807) is 0 Å². The molecule has 2 nitrogen and oxygen atoms in total. The summed E-state index contributed by atoms with van der Waals surface area (Å²) in [6.45, 7) is 28.0. The fourth-order valence-electron chi connectivity index (χ4n) is 4.89. The van der Waals surface area contributed by atoms with E-state index >= 15 is 0 Å². The Hall–Kier alpha value is -1.96. The Bertz CT molecular complexity index is 902. The Balaban J connectivity index is 2.88. The monoisotopic (exact) mass is 438 g/mol. The van der Waals surface area contributed by atoms with Crippen LogP contribution in [0.5, 0.6) is 11.5 Å². The summed E-state index contributed by atoms with van der Waals surface area (Å²) in [6.07, 6.45) is 0. The third-order valence-electron chi connectivity index (χ3n) is 6.47. The Labute approximate surface area is 197 Å². The molecule has 0 fully saturated rings. The molecule has 0 aliphatic heterocycles. The molecule has 0 heterocycles. The van der Waals surface area contributed by atoms with Crippen molar-refractivity contribution >= 4 is 0 Å². The Morgan fingerprint density at radius 3 is 1.00 bits per heavy atom. The molecule has 2 heteroatoms. The van der Waals surface area contributed by atoms with Gasteiger partial charge in [-0.2, -0.15) is 0 Å². The molecule has 0 saturated heterocycles. The second kappa shape index (κ2) is 8.12. The van der Waals surface area contributed by atoms with E-state index in [1.807, 2.05) is 0 Å². The summed E-state index contributed by atoms with van der Waals surface area (Å²) in [6, 6.07) is 8.53. The quantitative estimate of drug-likeness (QED) is 0.494. The van der Waals surface area contributed by atoms with Crippen molar-refractivity contribution in [3.05, 3.63) is 57.6 Å². The zero-order chi connectivity index (χ0) is 25.0. The maximum atomic E-state index is 11.4. The molecule has 0 atom stereocenters. The lowest BCUT2D eigenvalue weighted by atomic mass is 9.71. The molecular weight excluding hydrogens is 392 g/mol. The average Bonchev–Trinajstić information content (AvgIpc) is 2.55. The Kier molecular flexibility index (Phi) is 6.67. The maximum Gasteiger partial charge on any atom is 0.123 e. The molecule has 178 valence electrons. The number of hydrogen-bond acceptors (Lipinski definition) is 2. The van der Waals surface area contributed by atoms with Crippen LogP contribution in [-0.2, 0) is 21.7 Å². The van der Waals surface area contributed by atoms with Crippen molar-refractivity contribution in [2.45, 2.75) is 118 Å². The van der Waals surface area contributed by atoms with E-state index < -0.39 is 0 Å². The highest BCUT2D eigenvalue weighted by atomic mass is 16.3. The first-order chi connectivity index (χ1) is 14.2. The van der Waals surface area contributed by atoms with E-state index in [4.69, 9.17) is 0 Å². The first-order valence-corrected chi connectivity index (χ1v) is 11.9. The molecular formula is C30H46O2. The molecule has 0 aliphatic carbocycles. The molecule has 0 amide bonds. The van der Waals surface area contributed by atoms with Gasteiger partial charge in [0.2, 0.25) is 0 Å². The lowest BCUT2D eigenvalue weighted by molar-refractivity contribution is 0.418. The largest absolute Gasteiger partial charge is 0.507 e. The van der Waals surface area contributed by atoms with Gasteiger partial charge in [-0.3, -0.25) is 0 Å². The Morgan fingerprint density at radius 1 is 0.500 bits per heavy atom. The number of rotatable bonds is 2. The first-order valence-electron chi connectivity index (χ1n) is 11.9. The zero-order valence-electron chi connectivity index (χ0n) is 22.8. The lowest BCUT2D eigenvalue weighted by Crippen LogP contribution is -2.23. The lowest BCUT2D eigenvalue weighted by Gasteiger charge is -2.34. The fraction of sp³-hybridized carbons (Fsp3) is 0.600. The van der Waals surface area contributed by atoms with E-state index in [0.717, 1.165) is 33.4 Å². The molecule has 0 radical (unpaired) electrons.